The summed E-state index contributed by atoms with van der Waals surface area (Å²) in [7, 11) is 0. The molecule has 1 N–H and O–H groups in total. The molecular formula is C12H18N2O3S. The first kappa shape index (κ1) is 13.3. The van der Waals surface area contributed by atoms with Crippen molar-refractivity contribution in [2.75, 3.05) is 13.1 Å². The van der Waals surface area contributed by atoms with E-state index >= 15 is 0 Å². The average Bonchev–Trinajstić information content (AvgIpc) is 2.82. The van der Waals surface area contributed by atoms with Crippen LogP contribution in [0.15, 0.2) is 11.4 Å². The lowest BCUT2D eigenvalue weighted by molar-refractivity contribution is 0.0270. The summed E-state index contributed by atoms with van der Waals surface area (Å²) in [6.07, 6.45) is -0.945. The fourth-order valence-corrected chi connectivity index (χ4v) is 2.55. The maximum atomic E-state index is 11.9. The molecule has 1 aliphatic rings. The highest BCUT2D eigenvalue weighted by Crippen LogP contribution is 2.28. The van der Waals surface area contributed by atoms with Crippen molar-refractivity contribution in [3.05, 3.63) is 17.1 Å². The Balaban J connectivity index is 2.00. The molecule has 0 radical (unpaired) electrons. The predicted octanol–water partition coefficient (Wildman–Crippen LogP) is 1.84. The van der Waals surface area contributed by atoms with E-state index in [-0.39, 0.29) is 12.0 Å². The van der Waals surface area contributed by atoms with Crippen LogP contribution in [-0.4, -0.2) is 45.3 Å². The van der Waals surface area contributed by atoms with E-state index in [1.165, 1.54) is 11.5 Å². The van der Waals surface area contributed by atoms with Gasteiger partial charge in [0, 0.05) is 17.8 Å². The van der Waals surface area contributed by atoms with Crippen molar-refractivity contribution < 1.29 is 14.6 Å². The smallest absolute Gasteiger partial charge is 0.410 e. The third-order valence-electron chi connectivity index (χ3n) is 2.78. The van der Waals surface area contributed by atoms with Crippen molar-refractivity contribution in [2.45, 2.75) is 38.4 Å². The lowest BCUT2D eigenvalue weighted by Gasteiger charge is -2.24. The van der Waals surface area contributed by atoms with Gasteiger partial charge in [-0.05, 0) is 38.4 Å². The van der Waals surface area contributed by atoms with E-state index in [1.807, 2.05) is 32.2 Å². The van der Waals surface area contributed by atoms with Gasteiger partial charge in [-0.3, -0.25) is 0 Å². The second kappa shape index (κ2) is 4.85. The average molecular weight is 270 g/mol. The van der Waals surface area contributed by atoms with Crippen molar-refractivity contribution in [3.8, 4) is 0 Å². The monoisotopic (exact) mass is 270 g/mol. The summed E-state index contributed by atoms with van der Waals surface area (Å²) >= 11 is 1.35. The zero-order valence-corrected chi connectivity index (χ0v) is 11.6. The van der Waals surface area contributed by atoms with Crippen LogP contribution in [0.3, 0.4) is 0 Å². The van der Waals surface area contributed by atoms with E-state index in [1.54, 1.807) is 4.90 Å². The maximum absolute atomic E-state index is 11.9. The van der Waals surface area contributed by atoms with Crippen LogP contribution in [0, 0.1) is 0 Å². The van der Waals surface area contributed by atoms with Crippen LogP contribution >= 0.6 is 11.5 Å². The molecule has 1 saturated heterocycles. The molecule has 0 bridgehead atoms. The normalized spacial score (nSPS) is 24.3. The van der Waals surface area contributed by atoms with Gasteiger partial charge in [-0.2, -0.15) is 4.37 Å². The van der Waals surface area contributed by atoms with Crippen LogP contribution in [0.25, 0.3) is 0 Å². The molecule has 1 amide bonds. The molecule has 0 saturated carbocycles. The molecule has 100 valence electrons. The number of carbonyl (C=O) groups excluding carboxylic acids is 1. The Hall–Kier alpha value is -1.14. The Morgan fingerprint density at radius 2 is 2.28 bits per heavy atom. The van der Waals surface area contributed by atoms with E-state index in [9.17, 15) is 9.90 Å². The van der Waals surface area contributed by atoms with Crippen molar-refractivity contribution in [1.82, 2.24) is 9.27 Å². The molecule has 1 fully saturated rings. The van der Waals surface area contributed by atoms with E-state index in [0.29, 0.717) is 13.1 Å². The number of hydrogen-bond acceptors (Lipinski definition) is 5. The summed E-state index contributed by atoms with van der Waals surface area (Å²) in [5.74, 6) is -0.108. The van der Waals surface area contributed by atoms with Crippen LogP contribution in [0.1, 0.15) is 32.4 Å². The first-order valence-electron chi connectivity index (χ1n) is 5.93. The molecule has 0 aromatic carbocycles. The summed E-state index contributed by atoms with van der Waals surface area (Å²) in [4.78, 5) is 13.4. The topological polar surface area (TPSA) is 62.7 Å². The molecule has 1 aromatic heterocycles. The summed E-state index contributed by atoms with van der Waals surface area (Å²) in [5, 5.41) is 11.9. The van der Waals surface area contributed by atoms with Crippen molar-refractivity contribution in [3.63, 3.8) is 0 Å². The largest absolute Gasteiger partial charge is 0.444 e. The quantitative estimate of drug-likeness (QED) is 0.845. The Morgan fingerprint density at radius 1 is 1.56 bits per heavy atom. The van der Waals surface area contributed by atoms with Gasteiger partial charge in [-0.25, -0.2) is 4.79 Å². The molecule has 1 aromatic rings. The second-order valence-corrected chi connectivity index (χ2v) is 6.15. The molecule has 2 atom stereocenters. The summed E-state index contributed by atoms with van der Waals surface area (Å²) in [5.41, 5.74) is 0.333. The third-order valence-corrected chi connectivity index (χ3v) is 3.35. The Labute approximate surface area is 111 Å². The molecular weight excluding hydrogens is 252 g/mol. The number of rotatable bonds is 1. The number of β-amino-alcohol motifs (C(OH)–C–C–N with tert-alkyl or cyclic N) is 1. The van der Waals surface area contributed by atoms with Crippen molar-refractivity contribution >= 4 is 17.6 Å². The summed E-state index contributed by atoms with van der Waals surface area (Å²) < 4.78 is 9.51. The first-order valence-corrected chi connectivity index (χ1v) is 6.77. The Bertz CT molecular complexity index is 413. The fraction of sp³-hybridized carbons (Fsp3) is 0.667. The highest BCUT2D eigenvalue weighted by Gasteiger charge is 2.37. The van der Waals surface area contributed by atoms with Gasteiger partial charge in [0.1, 0.15) is 5.60 Å². The van der Waals surface area contributed by atoms with Crippen LogP contribution in [0.4, 0.5) is 4.79 Å². The number of aliphatic hydroxyl groups excluding tert-OH is 1. The van der Waals surface area contributed by atoms with Gasteiger partial charge < -0.3 is 14.7 Å². The standard InChI is InChI=1S/C12H18N2O3S/c1-12(2,3)17-11(16)14-6-8(10(15)7-14)9-4-5-18-13-9/h4-5,8,10,15H,6-7H2,1-3H3. The van der Waals surface area contributed by atoms with Gasteiger partial charge in [-0.1, -0.05) is 0 Å². The van der Waals surface area contributed by atoms with Gasteiger partial charge in [0.2, 0.25) is 0 Å². The SMILES string of the molecule is CC(C)(C)OC(=O)N1CC(O)C(c2ccsn2)C1. The Morgan fingerprint density at radius 3 is 2.83 bits per heavy atom. The molecule has 2 unspecified atom stereocenters. The number of amides is 1. The molecule has 0 spiro atoms. The molecule has 1 aliphatic heterocycles. The number of ether oxygens (including phenoxy) is 1. The second-order valence-electron chi connectivity index (χ2n) is 5.48. The van der Waals surface area contributed by atoms with E-state index in [0.717, 1.165) is 5.69 Å². The van der Waals surface area contributed by atoms with Crippen LogP contribution in [-0.2, 0) is 4.74 Å². The minimum absolute atomic E-state index is 0.108. The molecule has 0 aliphatic carbocycles. The van der Waals surface area contributed by atoms with Crippen LogP contribution in [0.2, 0.25) is 0 Å². The van der Waals surface area contributed by atoms with Crippen LogP contribution < -0.4 is 0 Å². The lowest BCUT2D eigenvalue weighted by Crippen LogP contribution is -2.35. The predicted molar refractivity (Wildman–Crippen MR) is 68.7 cm³/mol. The minimum atomic E-state index is -0.570. The summed E-state index contributed by atoms with van der Waals surface area (Å²) in [6.45, 7) is 6.25. The third kappa shape index (κ3) is 3.00. The number of hydrogen-bond donors (Lipinski definition) is 1. The van der Waals surface area contributed by atoms with Gasteiger partial charge in [0.15, 0.2) is 0 Å². The highest BCUT2D eigenvalue weighted by atomic mass is 32.1. The zero-order chi connectivity index (χ0) is 13.3. The zero-order valence-electron chi connectivity index (χ0n) is 10.8. The first-order chi connectivity index (χ1) is 8.37. The summed E-state index contributed by atoms with van der Waals surface area (Å²) in [6, 6.07) is 1.89. The number of likely N-dealkylation sites (tertiary alicyclic amines) is 1. The molecule has 6 heteroatoms. The molecule has 5 nitrogen and oxygen atoms in total. The van der Waals surface area contributed by atoms with Crippen molar-refractivity contribution in [1.29, 1.82) is 0 Å². The lowest BCUT2D eigenvalue weighted by atomic mass is 10.0. The molecule has 2 rings (SSSR count). The van der Waals surface area contributed by atoms with Gasteiger partial charge in [0.05, 0.1) is 18.3 Å². The van der Waals surface area contributed by atoms with Gasteiger partial charge >= 0.3 is 6.09 Å². The van der Waals surface area contributed by atoms with Crippen LogP contribution in [0.5, 0.6) is 0 Å². The Kier molecular flexibility index (Phi) is 3.59. The highest BCUT2D eigenvalue weighted by molar-refractivity contribution is 7.03. The number of aromatic nitrogens is 1. The number of carbonyl (C=O) groups is 1. The number of aliphatic hydroxyl groups is 1. The number of nitrogens with zero attached hydrogens (tertiary/aromatic N) is 2. The van der Waals surface area contributed by atoms with E-state index in [2.05, 4.69) is 4.37 Å². The van der Waals surface area contributed by atoms with Crippen molar-refractivity contribution in [2.24, 2.45) is 0 Å². The molecule has 2 heterocycles. The van der Waals surface area contributed by atoms with E-state index in [4.69, 9.17) is 4.74 Å². The fourth-order valence-electron chi connectivity index (χ4n) is 1.97. The maximum Gasteiger partial charge on any atom is 0.410 e. The minimum Gasteiger partial charge on any atom is -0.444 e. The van der Waals surface area contributed by atoms with Gasteiger partial charge in [0.25, 0.3) is 0 Å². The molecule has 18 heavy (non-hydrogen) atoms. The van der Waals surface area contributed by atoms with Gasteiger partial charge in [-0.15, -0.1) is 0 Å². The van der Waals surface area contributed by atoms with E-state index < -0.39 is 11.7 Å².